The maximum atomic E-state index is 12.7. The van der Waals surface area contributed by atoms with Crippen molar-refractivity contribution >= 4 is 17.6 Å². The van der Waals surface area contributed by atoms with Gasteiger partial charge in [0, 0.05) is 15.7 Å². The second-order valence-electron chi connectivity index (χ2n) is 4.26. The van der Waals surface area contributed by atoms with Crippen molar-refractivity contribution in [1.82, 2.24) is 0 Å². The molecule has 0 aromatic heterocycles. The number of hydrogen-bond donors (Lipinski definition) is 3. The number of amidine groups is 1. The lowest BCUT2D eigenvalue weighted by Crippen LogP contribution is -2.19. The van der Waals surface area contributed by atoms with Gasteiger partial charge in [0.05, 0.1) is 11.7 Å². The molecule has 1 aromatic rings. The zero-order valence-corrected chi connectivity index (χ0v) is 11.7. The van der Waals surface area contributed by atoms with Gasteiger partial charge in [-0.2, -0.15) is 13.2 Å². The molecule has 2 unspecified atom stereocenters. The van der Waals surface area contributed by atoms with Crippen LogP contribution in [0.5, 0.6) is 0 Å². The second kappa shape index (κ2) is 6.36. The summed E-state index contributed by atoms with van der Waals surface area (Å²) in [6.07, 6.45) is -5.16. The fourth-order valence-corrected chi connectivity index (χ4v) is 2.40. The van der Waals surface area contributed by atoms with Crippen molar-refractivity contribution in [2.75, 3.05) is 0 Å². The highest BCUT2D eigenvalue weighted by Crippen LogP contribution is 2.34. The molecule has 0 amide bonds. The van der Waals surface area contributed by atoms with Gasteiger partial charge in [0.25, 0.3) is 0 Å². The molecule has 8 heteroatoms. The van der Waals surface area contributed by atoms with Crippen LogP contribution in [-0.2, 0) is 6.18 Å². The van der Waals surface area contributed by atoms with E-state index in [2.05, 4.69) is 5.16 Å². The molecule has 1 rings (SSSR count). The van der Waals surface area contributed by atoms with Gasteiger partial charge in [-0.15, -0.1) is 11.8 Å². The van der Waals surface area contributed by atoms with E-state index in [4.69, 9.17) is 10.9 Å². The number of nitrogens with zero attached hydrogens (tertiary/aromatic N) is 1. The summed E-state index contributed by atoms with van der Waals surface area (Å²) in [7, 11) is 0. The molecule has 2 atom stereocenters. The first-order valence-corrected chi connectivity index (χ1v) is 6.58. The standard InChI is InChI=1S/C12H15F3N2O2S/c1-6(18)7(2)20-10-4-3-8(12(13,14)15)5-9(10)11(16)17-19/h3-7,18-19H,1-2H3,(H2,16,17). The van der Waals surface area contributed by atoms with E-state index < -0.39 is 23.7 Å². The van der Waals surface area contributed by atoms with Crippen LogP contribution >= 0.6 is 11.8 Å². The Hall–Kier alpha value is -1.41. The summed E-state index contributed by atoms with van der Waals surface area (Å²) in [5.41, 5.74) is 4.52. The van der Waals surface area contributed by atoms with E-state index in [1.165, 1.54) is 6.07 Å². The molecule has 112 valence electrons. The summed E-state index contributed by atoms with van der Waals surface area (Å²) in [6.45, 7) is 3.30. The molecule has 0 fully saturated rings. The Bertz CT molecular complexity index is 504. The molecule has 20 heavy (non-hydrogen) atoms. The van der Waals surface area contributed by atoms with Crippen molar-refractivity contribution in [3.8, 4) is 0 Å². The van der Waals surface area contributed by atoms with E-state index in [9.17, 15) is 18.3 Å². The number of aliphatic hydroxyl groups is 1. The molecule has 0 spiro atoms. The van der Waals surface area contributed by atoms with E-state index in [0.29, 0.717) is 4.90 Å². The van der Waals surface area contributed by atoms with Crippen LogP contribution in [0.3, 0.4) is 0 Å². The Balaban J connectivity index is 3.24. The molecular weight excluding hydrogens is 293 g/mol. The SMILES string of the molecule is CC(O)C(C)Sc1ccc(C(F)(F)F)cc1/C(N)=N/O. The Morgan fingerprint density at radius 2 is 1.95 bits per heavy atom. The highest BCUT2D eigenvalue weighted by molar-refractivity contribution is 8.00. The third-order valence-electron chi connectivity index (χ3n) is 2.68. The van der Waals surface area contributed by atoms with Gasteiger partial charge in [0.2, 0.25) is 0 Å². The summed E-state index contributed by atoms with van der Waals surface area (Å²) in [4.78, 5) is 0.404. The van der Waals surface area contributed by atoms with Crippen LogP contribution in [0.15, 0.2) is 28.3 Å². The lowest BCUT2D eigenvalue weighted by Gasteiger charge is -2.17. The Labute approximate surface area is 118 Å². The Morgan fingerprint density at radius 3 is 2.40 bits per heavy atom. The first-order chi connectivity index (χ1) is 9.16. The normalized spacial score (nSPS) is 16.0. The summed E-state index contributed by atoms with van der Waals surface area (Å²) in [5, 5.41) is 20.6. The minimum atomic E-state index is -4.51. The van der Waals surface area contributed by atoms with E-state index in [1.807, 2.05) is 0 Å². The Kier molecular flexibility index (Phi) is 5.29. The van der Waals surface area contributed by atoms with Crippen molar-refractivity contribution in [1.29, 1.82) is 0 Å². The summed E-state index contributed by atoms with van der Waals surface area (Å²) in [5.74, 6) is -0.406. The predicted molar refractivity (Wildman–Crippen MR) is 71.0 cm³/mol. The monoisotopic (exact) mass is 308 g/mol. The lowest BCUT2D eigenvalue weighted by molar-refractivity contribution is -0.137. The molecule has 0 aliphatic rings. The fourth-order valence-electron chi connectivity index (χ4n) is 1.36. The second-order valence-corrected chi connectivity index (χ2v) is 5.68. The van der Waals surface area contributed by atoms with Crippen LogP contribution in [0.2, 0.25) is 0 Å². The van der Waals surface area contributed by atoms with E-state index >= 15 is 0 Å². The van der Waals surface area contributed by atoms with Gasteiger partial charge in [-0.3, -0.25) is 0 Å². The highest BCUT2D eigenvalue weighted by Gasteiger charge is 2.31. The maximum absolute atomic E-state index is 12.7. The molecule has 0 radical (unpaired) electrons. The number of nitrogens with two attached hydrogens (primary N) is 1. The molecule has 4 nitrogen and oxygen atoms in total. The van der Waals surface area contributed by atoms with Crippen LogP contribution < -0.4 is 5.73 Å². The first-order valence-electron chi connectivity index (χ1n) is 5.70. The smallest absolute Gasteiger partial charge is 0.409 e. The number of rotatable bonds is 4. The zero-order valence-electron chi connectivity index (χ0n) is 10.8. The van der Waals surface area contributed by atoms with E-state index in [0.717, 1.165) is 23.9 Å². The first kappa shape index (κ1) is 16.6. The number of alkyl halides is 3. The number of oxime groups is 1. The topological polar surface area (TPSA) is 78.8 Å². The molecule has 0 heterocycles. The number of hydrogen-bond acceptors (Lipinski definition) is 4. The summed E-state index contributed by atoms with van der Waals surface area (Å²) < 4.78 is 38.0. The van der Waals surface area contributed by atoms with Crippen LogP contribution in [0.1, 0.15) is 25.0 Å². The average Bonchev–Trinajstić information content (AvgIpc) is 2.36. The third-order valence-corrected chi connectivity index (χ3v) is 4.06. The molecule has 0 saturated heterocycles. The van der Waals surface area contributed by atoms with Crippen LogP contribution in [0.4, 0.5) is 13.2 Å². The van der Waals surface area contributed by atoms with Gasteiger partial charge >= 0.3 is 6.18 Å². The van der Waals surface area contributed by atoms with Gasteiger partial charge < -0.3 is 16.0 Å². The van der Waals surface area contributed by atoms with Gasteiger partial charge in [-0.05, 0) is 25.1 Å². The van der Waals surface area contributed by atoms with E-state index in [1.54, 1.807) is 13.8 Å². The van der Waals surface area contributed by atoms with Crippen molar-refractivity contribution in [2.45, 2.75) is 36.3 Å². The van der Waals surface area contributed by atoms with E-state index in [-0.39, 0.29) is 10.8 Å². The molecule has 4 N–H and O–H groups in total. The number of halogens is 3. The maximum Gasteiger partial charge on any atom is 0.416 e. The van der Waals surface area contributed by atoms with Crippen molar-refractivity contribution in [2.24, 2.45) is 10.9 Å². The largest absolute Gasteiger partial charge is 0.416 e. The molecule has 0 bridgehead atoms. The number of thioether (sulfide) groups is 1. The fraction of sp³-hybridized carbons (Fsp3) is 0.417. The molecule has 0 saturated carbocycles. The summed E-state index contributed by atoms with van der Waals surface area (Å²) in [6, 6.07) is 3.00. The van der Waals surface area contributed by atoms with Crippen molar-refractivity contribution in [3.63, 3.8) is 0 Å². The quantitative estimate of drug-likeness (QED) is 0.263. The van der Waals surface area contributed by atoms with Gasteiger partial charge in [0.1, 0.15) is 0 Å². The zero-order chi connectivity index (χ0) is 15.5. The van der Waals surface area contributed by atoms with Gasteiger partial charge in [0.15, 0.2) is 5.84 Å². The average molecular weight is 308 g/mol. The summed E-state index contributed by atoms with van der Waals surface area (Å²) >= 11 is 1.15. The molecular formula is C12H15F3N2O2S. The van der Waals surface area contributed by atoms with Gasteiger partial charge in [-0.25, -0.2) is 0 Å². The third kappa shape index (κ3) is 4.04. The highest BCUT2D eigenvalue weighted by atomic mass is 32.2. The molecule has 1 aromatic carbocycles. The van der Waals surface area contributed by atoms with Crippen molar-refractivity contribution < 1.29 is 23.5 Å². The molecule has 0 aliphatic carbocycles. The molecule has 0 aliphatic heterocycles. The van der Waals surface area contributed by atoms with Gasteiger partial charge in [-0.1, -0.05) is 12.1 Å². The number of aliphatic hydroxyl groups excluding tert-OH is 1. The van der Waals surface area contributed by atoms with Crippen LogP contribution in [0.25, 0.3) is 0 Å². The van der Waals surface area contributed by atoms with Crippen LogP contribution in [-0.4, -0.2) is 27.5 Å². The van der Waals surface area contributed by atoms with Crippen molar-refractivity contribution in [3.05, 3.63) is 29.3 Å². The Morgan fingerprint density at radius 1 is 1.35 bits per heavy atom. The minimum Gasteiger partial charge on any atom is -0.409 e. The number of benzene rings is 1. The minimum absolute atomic E-state index is 0.0141. The predicted octanol–water partition coefficient (Wildman–Crippen LogP) is 2.66. The lowest BCUT2D eigenvalue weighted by atomic mass is 10.1. The van der Waals surface area contributed by atoms with Crippen LogP contribution in [0, 0.1) is 0 Å².